The zero-order valence-electron chi connectivity index (χ0n) is 8.79. The van der Waals surface area contributed by atoms with Crippen molar-refractivity contribution in [3.05, 3.63) is 30.2 Å². The Morgan fingerprint density at radius 1 is 1.53 bits per heavy atom. The molecule has 0 radical (unpaired) electrons. The van der Waals surface area contributed by atoms with Crippen molar-refractivity contribution < 1.29 is 4.42 Å². The Morgan fingerprint density at radius 2 is 2.47 bits per heavy atom. The first-order valence-corrected chi connectivity index (χ1v) is 5.19. The zero-order chi connectivity index (χ0) is 10.5. The van der Waals surface area contributed by atoms with E-state index in [1.165, 1.54) is 0 Å². The molecule has 0 aliphatic carbocycles. The lowest BCUT2D eigenvalue weighted by atomic mass is 10.3. The first-order chi connectivity index (χ1) is 7.40. The highest BCUT2D eigenvalue weighted by Gasteiger charge is 2.05. The highest BCUT2D eigenvalue weighted by atomic mass is 16.3. The van der Waals surface area contributed by atoms with Crippen LogP contribution in [0, 0.1) is 0 Å². The Balaban J connectivity index is 1.98. The number of hydrogen-bond acceptors (Lipinski definition) is 3. The van der Waals surface area contributed by atoms with E-state index in [0.717, 1.165) is 36.7 Å². The maximum Gasteiger partial charge on any atom is 0.154 e. The van der Waals surface area contributed by atoms with E-state index in [1.807, 2.05) is 18.2 Å². The van der Waals surface area contributed by atoms with Crippen LogP contribution in [0.1, 0.15) is 19.0 Å². The summed E-state index contributed by atoms with van der Waals surface area (Å²) >= 11 is 0. The van der Waals surface area contributed by atoms with Gasteiger partial charge in [-0.2, -0.15) is 5.10 Å². The molecule has 2 heterocycles. The molecule has 0 aliphatic rings. The van der Waals surface area contributed by atoms with Crippen LogP contribution < -0.4 is 5.32 Å². The molecule has 4 nitrogen and oxygen atoms in total. The summed E-state index contributed by atoms with van der Waals surface area (Å²) in [6.45, 7) is 3.99. The minimum atomic E-state index is 0.799. The van der Waals surface area contributed by atoms with Crippen molar-refractivity contribution in [3.8, 4) is 11.5 Å². The highest BCUT2D eigenvalue weighted by Crippen LogP contribution is 2.17. The Morgan fingerprint density at radius 3 is 3.20 bits per heavy atom. The molecule has 2 aromatic rings. The van der Waals surface area contributed by atoms with Crippen molar-refractivity contribution in [2.45, 2.75) is 19.9 Å². The molecule has 0 aromatic carbocycles. The van der Waals surface area contributed by atoms with Gasteiger partial charge in [-0.1, -0.05) is 6.92 Å². The molecule has 0 saturated carbocycles. The van der Waals surface area contributed by atoms with Gasteiger partial charge in [-0.05, 0) is 31.2 Å². The van der Waals surface area contributed by atoms with E-state index in [1.54, 1.807) is 6.26 Å². The van der Waals surface area contributed by atoms with Gasteiger partial charge >= 0.3 is 0 Å². The second-order valence-electron chi connectivity index (χ2n) is 3.43. The summed E-state index contributed by atoms with van der Waals surface area (Å²) in [7, 11) is 0. The van der Waals surface area contributed by atoms with E-state index in [0.29, 0.717) is 0 Å². The first kappa shape index (κ1) is 9.98. The quantitative estimate of drug-likeness (QED) is 0.735. The molecule has 0 amide bonds. The smallest absolute Gasteiger partial charge is 0.154 e. The Kier molecular flexibility index (Phi) is 3.19. The molecule has 15 heavy (non-hydrogen) atoms. The summed E-state index contributed by atoms with van der Waals surface area (Å²) in [5, 5.41) is 10.5. The summed E-state index contributed by atoms with van der Waals surface area (Å²) < 4.78 is 5.26. The van der Waals surface area contributed by atoms with E-state index in [2.05, 4.69) is 22.4 Å². The molecular formula is C11H15N3O. The van der Waals surface area contributed by atoms with Crippen LogP contribution in [0.5, 0.6) is 0 Å². The number of aromatic amines is 1. The van der Waals surface area contributed by atoms with Crippen molar-refractivity contribution in [1.29, 1.82) is 0 Å². The summed E-state index contributed by atoms with van der Waals surface area (Å²) in [6.07, 6.45) is 2.79. The molecule has 0 unspecified atom stereocenters. The molecule has 80 valence electrons. The number of nitrogens with zero attached hydrogens (tertiary/aromatic N) is 1. The molecule has 0 bridgehead atoms. The molecule has 2 N–H and O–H groups in total. The molecule has 4 heteroatoms. The van der Waals surface area contributed by atoms with Crippen LogP contribution in [0.3, 0.4) is 0 Å². The average molecular weight is 205 g/mol. The Hall–Kier alpha value is -1.55. The third kappa shape index (κ3) is 2.47. The van der Waals surface area contributed by atoms with Gasteiger partial charge in [-0.25, -0.2) is 0 Å². The predicted molar refractivity (Wildman–Crippen MR) is 58.3 cm³/mol. The van der Waals surface area contributed by atoms with E-state index in [9.17, 15) is 0 Å². The van der Waals surface area contributed by atoms with Gasteiger partial charge in [0, 0.05) is 12.2 Å². The van der Waals surface area contributed by atoms with Crippen molar-refractivity contribution in [1.82, 2.24) is 15.5 Å². The summed E-state index contributed by atoms with van der Waals surface area (Å²) in [5.74, 6) is 0.799. The van der Waals surface area contributed by atoms with Crippen LogP contribution in [-0.2, 0) is 6.54 Å². The zero-order valence-corrected chi connectivity index (χ0v) is 8.79. The van der Waals surface area contributed by atoms with E-state index >= 15 is 0 Å². The monoisotopic (exact) mass is 205 g/mol. The fraction of sp³-hybridized carbons (Fsp3) is 0.364. The summed E-state index contributed by atoms with van der Waals surface area (Å²) in [6, 6.07) is 5.76. The number of rotatable bonds is 5. The minimum absolute atomic E-state index is 0.799. The third-order valence-electron chi connectivity index (χ3n) is 2.15. The average Bonchev–Trinajstić information content (AvgIpc) is 2.87. The fourth-order valence-corrected chi connectivity index (χ4v) is 1.40. The van der Waals surface area contributed by atoms with Crippen LogP contribution >= 0.6 is 0 Å². The van der Waals surface area contributed by atoms with Gasteiger partial charge in [-0.15, -0.1) is 0 Å². The standard InChI is InChI=1S/C11H15N3O/c1-2-5-12-8-9-7-10(14-13-9)11-4-3-6-15-11/h3-4,6-7,12H,2,5,8H2,1H3,(H,13,14). The fourth-order valence-electron chi connectivity index (χ4n) is 1.40. The molecule has 0 saturated heterocycles. The summed E-state index contributed by atoms with van der Waals surface area (Å²) in [5.41, 5.74) is 1.93. The molecular weight excluding hydrogens is 190 g/mol. The van der Waals surface area contributed by atoms with Gasteiger partial charge in [0.1, 0.15) is 5.69 Å². The lowest BCUT2D eigenvalue weighted by Gasteiger charge is -1.97. The summed E-state index contributed by atoms with van der Waals surface area (Å²) in [4.78, 5) is 0. The van der Waals surface area contributed by atoms with Crippen molar-refractivity contribution in [2.75, 3.05) is 6.54 Å². The number of aromatic nitrogens is 2. The van der Waals surface area contributed by atoms with E-state index in [4.69, 9.17) is 4.42 Å². The van der Waals surface area contributed by atoms with Crippen LogP contribution in [0.15, 0.2) is 28.9 Å². The van der Waals surface area contributed by atoms with Gasteiger partial charge in [0.15, 0.2) is 5.76 Å². The predicted octanol–water partition coefficient (Wildman–Crippen LogP) is 2.17. The number of H-pyrrole nitrogens is 1. The number of nitrogens with one attached hydrogen (secondary N) is 2. The largest absolute Gasteiger partial charge is 0.463 e. The Labute approximate surface area is 88.7 Å². The van der Waals surface area contributed by atoms with Crippen molar-refractivity contribution in [3.63, 3.8) is 0 Å². The molecule has 0 spiro atoms. The van der Waals surface area contributed by atoms with Crippen LogP contribution in [0.4, 0.5) is 0 Å². The lowest BCUT2D eigenvalue weighted by Crippen LogP contribution is -2.13. The lowest BCUT2D eigenvalue weighted by molar-refractivity contribution is 0.580. The normalized spacial score (nSPS) is 10.7. The molecule has 0 atom stereocenters. The van der Waals surface area contributed by atoms with Crippen molar-refractivity contribution >= 4 is 0 Å². The van der Waals surface area contributed by atoms with Gasteiger partial charge in [-0.3, -0.25) is 5.10 Å². The van der Waals surface area contributed by atoms with Gasteiger partial charge in [0.2, 0.25) is 0 Å². The van der Waals surface area contributed by atoms with Crippen LogP contribution in [0.25, 0.3) is 11.5 Å². The first-order valence-electron chi connectivity index (χ1n) is 5.19. The van der Waals surface area contributed by atoms with Gasteiger partial charge in [0.05, 0.1) is 6.26 Å². The topological polar surface area (TPSA) is 53.9 Å². The number of hydrogen-bond donors (Lipinski definition) is 2. The van der Waals surface area contributed by atoms with Gasteiger partial charge in [0.25, 0.3) is 0 Å². The minimum Gasteiger partial charge on any atom is -0.463 e. The third-order valence-corrected chi connectivity index (χ3v) is 2.15. The Bertz CT molecular complexity index is 392. The molecule has 2 rings (SSSR count). The van der Waals surface area contributed by atoms with Crippen LogP contribution in [0.2, 0.25) is 0 Å². The SMILES string of the molecule is CCCNCc1cc(-c2ccco2)n[nH]1. The molecule has 0 fully saturated rings. The maximum atomic E-state index is 5.26. The number of furan rings is 1. The second-order valence-corrected chi connectivity index (χ2v) is 3.43. The van der Waals surface area contributed by atoms with E-state index < -0.39 is 0 Å². The maximum absolute atomic E-state index is 5.26. The van der Waals surface area contributed by atoms with Gasteiger partial charge < -0.3 is 9.73 Å². The van der Waals surface area contributed by atoms with E-state index in [-0.39, 0.29) is 0 Å². The van der Waals surface area contributed by atoms with Crippen LogP contribution in [-0.4, -0.2) is 16.7 Å². The van der Waals surface area contributed by atoms with Crippen molar-refractivity contribution in [2.24, 2.45) is 0 Å². The highest BCUT2D eigenvalue weighted by molar-refractivity contribution is 5.51. The molecule has 2 aromatic heterocycles. The molecule has 0 aliphatic heterocycles. The second kappa shape index (κ2) is 4.79.